The average molecular weight is 90.0 g/mol. The van der Waals surface area contributed by atoms with Crippen molar-refractivity contribution in [2.45, 2.75) is 6.10 Å². The zero-order valence-electron chi connectivity index (χ0n) is 3.05. The van der Waals surface area contributed by atoms with Gasteiger partial charge < -0.3 is 9.84 Å². The fourth-order valence-corrected chi connectivity index (χ4v) is 0.191. The Kier molecular flexibility index (Phi) is 0.569. The van der Waals surface area contributed by atoms with Crippen LogP contribution >= 0.6 is 0 Å². The van der Waals surface area contributed by atoms with Gasteiger partial charge in [-0.3, -0.25) is 0 Å². The van der Waals surface area contributed by atoms with Crippen LogP contribution < -0.4 is 0 Å². The van der Waals surface area contributed by atoms with Crippen LogP contribution in [0.3, 0.4) is 0 Å². The number of carboxylic acid groups (broad SMARTS) is 1. The molecule has 0 aromatic carbocycles. The molecule has 3 heteroatoms. The van der Waals surface area contributed by atoms with E-state index in [1.54, 1.807) is 0 Å². The second-order valence-electron chi connectivity index (χ2n) is 1.16. The van der Waals surface area contributed by atoms with Crippen molar-refractivity contribution in [3.8, 4) is 0 Å². The molecule has 0 aromatic heterocycles. The van der Waals surface area contributed by atoms with Gasteiger partial charge in [0.05, 0.1) is 6.61 Å². The molecule has 3 nitrogen and oxygen atoms in total. The van der Waals surface area contributed by atoms with Crippen LogP contribution in [-0.2, 0) is 9.53 Å². The Morgan fingerprint density at radius 3 is 2.50 bits per heavy atom. The summed E-state index contributed by atoms with van der Waals surface area (Å²) in [4.78, 5) is 9.64. The van der Waals surface area contributed by atoms with Gasteiger partial charge in [0.1, 0.15) is 0 Å². The van der Waals surface area contributed by atoms with Crippen LogP contribution in [0, 0.1) is 0 Å². The highest BCUT2D eigenvalue weighted by molar-refractivity contribution is 5.74. The number of ether oxygens (including phenoxy) is 1. The van der Waals surface area contributed by atoms with Crippen LogP contribution in [0.2, 0.25) is 0 Å². The van der Waals surface area contributed by atoms with Gasteiger partial charge in [0.2, 0.25) is 0 Å². The molecule has 1 heterocycles. The van der Waals surface area contributed by atoms with Crippen molar-refractivity contribution in [3.63, 3.8) is 0 Å². The Bertz CT molecular complexity index is 74.1. The molecule has 6 heavy (non-hydrogen) atoms. The van der Waals surface area contributed by atoms with Crippen LogP contribution in [0.1, 0.15) is 0 Å². The van der Waals surface area contributed by atoms with Crippen molar-refractivity contribution in [2.75, 3.05) is 6.61 Å². The lowest BCUT2D eigenvalue weighted by Crippen LogP contribution is -2.02. The monoisotopic (exact) mass is 90.0 g/mol. The van der Waals surface area contributed by atoms with Crippen LogP contribution in [0.25, 0.3) is 0 Å². The van der Waals surface area contributed by atoms with Gasteiger partial charge in [-0.1, -0.05) is 0 Å². The Balaban J connectivity index is 2.31. The van der Waals surface area contributed by atoms with E-state index in [1.165, 1.54) is 0 Å². The zero-order chi connectivity index (χ0) is 4.57. The van der Waals surface area contributed by atoms with Crippen LogP contribution in [0.4, 0.5) is 0 Å². The molecular weight excluding hydrogens is 86.0 g/mol. The maximum atomic E-state index is 9.64. The fraction of sp³-hybridized carbons (Fsp3) is 0.667. The summed E-state index contributed by atoms with van der Waals surface area (Å²) in [5.41, 5.74) is 0. The second kappa shape index (κ2) is 0.944. The molecule has 1 aliphatic heterocycles. The van der Waals surface area contributed by atoms with E-state index in [2.05, 4.69) is 4.74 Å². The van der Waals surface area contributed by atoms with Crippen molar-refractivity contribution in [3.05, 3.63) is 0 Å². The van der Waals surface area contributed by atoms with E-state index in [0.29, 0.717) is 6.61 Å². The summed E-state index contributed by atoms with van der Waals surface area (Å²) in [7, 11) is 0. The van der Waals surface area contributed by atoms with E-state index < -0.39 is 12.1 Å². The van der Waals surface area contributed by atoms with Gasteiger partial charge in [-0.2, -0.15) is 0 Å². The predicted molar refractivity (Wildman–Crippen MR) is 17.4 cm³/mol. The van der Waals surface area contributed by atoms with Gasteiger partial charge in [0.15, 0.2) is 6.10 Å². The van der Waals surface area contributed by atoms with Crippen molar-refractivity contribution in [1.82, 2.24) is 0 Å². The van der Waals surface area contributed by atoms with Crippen LogP contribution in [-0.4, -0.2) is 23.8 Å². The Morgan fingerprint density at radius 2 is 2.50 bits per heavy atom. The minimum atomic E-state index is -0.852. The van der Waals surface area contributed by atoms with Crippen molar-refractivity contribution in [2.24, 2.45) is 0 Å². The van der Waals surface area contributed by atoms with Crippen molar-refractivity contribution in [1.29, 1.82) is 0 Å². The molecule has 1 aliphatic rings. The lowest BCUT2D eigenvalue weighted by Gasteiger charge is -1.72. The second-order valence-corrected chi connectivity index (χ2v) is 1.16. The van der Waals surface area contributed by atoms with Gasteiger partial charge in [-0.15, -0.1) is 0 Å². The first-order valence-electron chi connectivity index (χ1n) is 1.65. The standard InChI is InChI=1S/C3H4O3/c4-3(5)2-1-6-2/h2H,1H2,(H,4,5)/i2+1,3+1. The van der Waals surface area contributed by atoms with Crippen LogP contribution in [0.15, 0.2) is 0 Å². The van der Waals surface area contributed by atoms with Gasteiger partial charge >= 0.3 is 5.97 Å². The molecule has 0 bridgehead atoms. The molecule has 34 valence electrons. The molecule has 1 saturated heterocycles. The van der Waals surface area contributed by atoms with Crippen molar-refractivity contribution < 1.29 is 14.6 Å². The summed E-state index contributed by atoms with van der Waals surface area (Å²) in [5, 5.41) is 7.93. The van der Waals surface area contributed by atoms with E-state index in [-0.39, 0.29) is 0 Å². The van der Waals surface area contributed by atoms with Crippen LogP contribution in [0.5, 0.6) is 0 Å². The minimum absolute atomic E-state index is 0.398. The molecular formula is C3H4O3. The lowest BCUT2D eigenvalue weighted by molar-refractivity contribution is -0.138. The number of hydrogen-bond acceptors (Lipinski definition) is 2. The SMILES string of the molecule is O=[13C](O)[13CH]1CO1. The smallest absolute Gasteiger partial charge is 0.335 e. The molecule has 1 fully saturated rings. The number of epoxide rings is 1. The third kappa shape index (κ3) is 0.490. The average Bonchev–Trinajstić information content (AvgIpc) is 2.06. The molecule has 0 saturated carbocycles. The van der Waals surface area contributed by atoms with Gasteiger partial charge in [0.25, 0.3) is 0 Å². The highest BCUT2D eigenvalue weighted by Gasteiger charge is 2.30. The summed E-state index contributed by atoms with van der Waals surface area (Å²) in [5.74, 6) is -0.852. The fourth-order valence-electron chi connectivity index (χ4n) is 0.191. The topological polar surface area (TPSA) is 49.8 Å². The zero-order valence-corrected chi connectivity index (χ0v) is 3.05. The molecule has 0 aliphatic carbocycles. The van der Waals surface area contributed by atoms with E-state index in [0.717, 1.165) is 0 Å². The summed E-state index contributed by atoms with van der Waals surface area (Å²) in [6, 6.07) is 0. The predicted octanol–water partition coefficient (Wildman–Crippen LogP) is -0.530. The first kappa shape index (κ1) is 3.61. The van der Waals surface area contributed by atoms with Gasteiger partial charge in [-0.25, -0.2) is 4.79 Å². The lowest BCUT2D eigenvalue weighted by atomic mass is 11.2. The highest BCUT2D eigenvalue weighted by atomic mass is 16.7. The molecule has 1 rings (SSSR count). The summed E-state index contributed by atoms with van der Waals surface area (Å²) in [6.07, 6.45) is -0.481. The third-order valence-corrected chi connectivity index (χ3v) is 0.609. The normalized spacial score (nSPS) is 29.7. The van der Waals surface area contributed by atoms with Gasteiger partial charge in [-0.05, 0) is 0 Å². The Hall–Kier alpha value is -0.570. The third-order valence-electron chi connectivity index (χ3n) is 0.609. The van der Waals surface area contributed by atoms with E-state index >= 15 is 0 Å². The first-order valence-corrected chi connectivity index (χ1v) is 1.65. The maximum Gasteiger partial charge on any atom is 0.335 e. The number of aliphatic carboxylic acids is 1. The molecule has 1 unspecified atom stereocenters. The number of rotatable bonds is 1. The summed E-state index contributed by atoms with van der Waals surface area (Å²) in [6.45, 7) is 0.398. The maximum absolute atomic E-state index is 9.64. The number of carboxylic acids is 1. The van der Waals surface area contributed by atoms with Crippen molar-refractivity contribution >= 4 is 5.97 Å². The summed E-state index contributed by atoms with van der Waals surface area (Å²) < 4.78 is 4.37. The molecule has 0 spiro atoms. The molecule has 0 radical (unpaired) electrons. The molecule has 1 N–H and O–H groups in total. The Labute approximate surface area is 34.5 Å². The number of carbonyl (C=O) groups is 1. The summed E-state index contributed by atoms with van der Waals surface area (Å²) >= 11 is 0. The van der Waals surface area contributed by atoms with E-state index in [9.17, 15) is 4.79 Å². The largest absolute Gasteiger partial charge is 0.479 e. The van der Waals surface area contributed by atoms with E-state index in [1.807, 2.05) is 0 Å². The molecule has 0 aromatic rings. The minimum Gasteiger partial charge on any atom is -0.479 e. The highest BCUT2D eigenvalue weighted by Crippen LogP contribution is 2.06. The van der Waals surface area contributed by atoms with Gasteiger partial charge in [0, 0.05) is 0 Å². The Morgan fingerprint density at radius 1 is 2.00 bits per heavy atom. The first-order chi connectivity index (χ1) is 2.80. The molecule has 0 amide bonds. The number of hydrogen-bond donors (Lipinski definition) is 1. The molecule has 1 atom stereocenters. The van der Waals surface area contributed by atoms with E-state index in [4.69, 9.17) is 5.11 Å². The quantitative estimate of drug-likeness (QED) is 0.348.